The number of hydrogen-bond acceptors (Lipinski definition) is 6. The third-order valence-electron chi connectivity index (χ3n) is 4.62. The van der Waals surface area contributed by atoms with E-state index >= 15 is 0 Å². The highest BCUT2D eigenvalue weighted by molar-refractivity contribution is 5.95. The molecule has 1 aromatic heterocycles. The molecule has 0 saturated carbocycles. The van der Waals surface area contributed by atoms with Gasteiger partial charge in [0.05, 0.1) is 12.3 Å². The van der Waals surface area contributed by atoms with Crippen LogP contribution < -0.4 is 21.3 Å². The van der Waals surface area contributed by atoms with Gasteiger partial charge >= 0.3 is 0 Å². The number of nitrogens with zero attached hydrogens (tertiary/aromatic N) is 1. The highest BCUT2D eigenvalue weighted by atomic mass is 16.7. The fraction of sp³-hybridized carbons (Fsp3) is 0.429. The molecular weight excluding hydrogens is 374 g/mol. The van der Waals surface area contributed by atoms with E-state index in [1.807, 2.05) is 30.3 Å². The first-order valence-electron chi connectivity index (χ1n) is 9.82. The molecule has 3 N–H and O–H groups in total. The van der Waals surface area contributed by atoms with Crippen LogP contribution in [0, 0.1) is 0 Å². The molecule has 0 spiro atoms. The Bertz CT molecular complexity index is 876. The zero-order chi connectivity index (χ0) is 20.6. The third-order valence-corrected chi connectivity index (χ3v) is 4.62. The molecule has 8 nitrogen and oxygen atoms in total. The molecule has 29 heavy (non-hydrogen) atoms. The van der Waals surface area contributed by atoms with Crippen LogP contribution in [0.4, 0.5) is 0 Å². The minimum Gasteiger partial charge on any atom is -0.482 e. The second-order valence-corrected chi connectivity index (χ2v) is 6.79. The summed E-state index contributed by atoms with van der Waals surface area (Å²) in [5.74, 6) is 5.62. The highest BCUT2D eigenvalue weighted by Crippen LogP contribution is 2.19. The molecule has 1 unspecified atom stereocenters. The van der Waals surface area contributed by atoms with Crippen LogP contribution in [0.3, 0.4) is 0 Å². The van der Waals surface area contributed by atoms with Gasteiger partial charge in [-0.2, -0.15) is 0 Å². The molecule has 1 saturated heterocycles. The topological polar surface area (TPSA) is 105 Å². The van der Waals surface area contributed by atoms with Crippen molar-refractivity contribution >= 4 is 5.91 Å². The van der Waals surface area contributed by atoms with Crippen LogP contribution in [0.15, 0.2) is 41.2 Å². The molecule has 156 valence electrons. The number of nitrogens with one attached hydrogen (secondary N) is 1. The lowest BCUT2D eigenvalue weighted by Crippen LogP contribution is -2.35. The van der Waals surface area contributed by atoms with Crippen molar-refractivity contribution in [1.29, 1.82) is 0 Å². The van der Waals surface area contributed by atoms with Gasteiger partial charge in [-0.15, -0.1) is 0 Å². The fourth-order valence-electron chi connectivity index (χ4n) is 3.11. The van der Waals surface area contributed by atoms with Gasteiger partial charge in [0.25, 0.3) is 5.91 Å². The molecular formula is C21H27N3O5. The number of rotatable bonds is 8. The molecule has 0 radical (unpaired) electrons. The van der Waals surface area contributed by atoms with Crippen molar-refractivity contribution in [2.45, 2.75) is 45.7 Å². The van der Waals surface area contributed by atoms with Crippen LogP contribution >= 0.6 is 0 Å². The Kier molecular flexibility index (Phi) is 7.26. The largest absolute Gasteiger partial charge is 0.482 e. The molecule has 3 rings (SSSR count). The number of benzene rings is 1. The first-order valence-corrected chi connectivity index (χ1v) is 9.82. The van der Waals surface area contributed by atoms with E-state index in [0.29, 0.717) is 18.8 Å². The second kappa shape index (κ2) is 10.1. The lowest BCUT2D eigenvalue weighted by molar-refractivity contribution is -0.169. The Balaban J connectivity index is 1.85. The van der Waals surface area contributed by atoms with Gasteiger partial charge in [0.15, 0.2) is 17.7 Å². The van der Waals surface area contributed by atoms with E-state index in [0.717, 1.165) is 29.5 Å². The number of aromatic nitrogens is 1. The van der Waals surface area contributed by atoms with Crippen LogP contribution in [0.5, 0.6) is 5.75 Å². The molecule has 8 heteroatoms. The van der Waals surface area contributed by atoms with Gasteiger partial charge in [-0.05, 0) is 31.7 Å². The van der Waals surface area contributed by atoms with Crippen LogP contribution in [0.2, 0.25) is 0 Å². The molecule has 0 bridgehead atoms. The molecule has 2 aromatic rings. The van der Waals surface area contributed by atoms with Crippen molar-refractivity contribution in [2.24, 2.45) is 0 Å². The van der Waals surface area contributed by atoms with Crippen molar-refractivity contribution in [2.75, 3.05) is 19.0 Å². The van der Waals surface area contributed by atoms with Crippen LogP contribution in [0.1, 0.15) is 47.9 Å². The van der Waals surface area contributed by atoms with E-state index in [4.69, 9.17) is 20.1 Å². The SMILES string of the molecule is CCNC(=O)c1c(OCc2ccccc2)c(=O)cc(COC2CCCCO2)n1N. The fourth-order valence-corrected chi connectivity index (χ4v) is 3.11. The van der Waals surface area contributed by atoms with Gasteiger partial charge in [0.2, 0.25) is 5.43 Å². The Morgan fingerprint density at radius 1 is 1.28 bits per heavy atom. The lowest BCUT2D eigenvalue weighted by atomic mass is 10.2. The van der Waals surface area contributed by atoms with Crippen molar-refractivity contribution in [1.82, 2.24) is 9.99 Å². The average Bonchev–Trinajstić information content (AvgIpc) is 2.74. The van der Waals surface area contributed by atoms with Crippen molar-refractivity contribution in [3.63, 3.8) is 0 Å². The number of hydrogen-bond donors (Lipinski definition) is 2. The van der Waals surface area contributed by atoms with Crippen molar-refractivity contribution in [3.05, 3.63) is 63.6 Å². The number of carbonyl (C=O) groups is 1. The maximum Gasteiger partial charge on any atom is 0.273 e. The monoisotopic (exact) mass is 401 g/mol. The average molecular weight is 401 g/mol. The van der Waals surface area contributed by atoms with Crippen LogP contribution in [0.25, 0.3) is 0 Å². The summed E-state index contributed by atoms with van der Waals surface area (Å²) in [6, 6.07) is 10.7. The third kappa shape index (κ3) is 5.36. The minimum atomic E-state index is -0.481. The molecule has 1 aromatic carbocycles. The Labute approximate surface area is 169 Å². The summed E-state index contributed by atoms with van der Waals surface area (Å²) in [4.78, 5) is 25.3. The first-order chi connectivity index (χ1) is 14.1. The van der Waals surface area contributed by atoms with E-state index in [1.54, 1.807) is 6.92 Å². The molecule has 1 atom stereocenters. The number of amides is 1. The van der Waals surface area contributed by atoms with Gasteiger partial charge in [-0.25, -0.2) is 0 Å². The predicted octanol–water partition coefficient (Wildman–Crippen LogP) is 1.93. The maximum atomic E-state index is 12.7. The van der Waals surface area contributed by atoms with Gasteiger partial charge < -0.3 is 25.4 Å². The lowest BCUT2D eigenvalue weighted by Gasteiger charge is -2.24. The number of pyridine rings is 1. The van der Waals surface area contributed by atoms with Crippen LogP contribution in [-0.4, -0.2) is 30.0 Å². The first kappa shape index (κ1) is 20.9. The van der Waals surface area contributed by atoms with E-state index in [9.17, 15) is 9.59 Å². The molecule has 0 aliphatic carbocycles. The molecule has 2 heterocycles. The zero-order valence-electron chi connectivity index (χ0n) is 16.6. The van der Waals surface area contributed by atoms with Gasteiger partial charge in [-0.3, -0.25) is 14.3 Å². The Morgan fingerprint density at radius 3 is 2.76 bits per heavy atom. The smallest absolute Gasteiger partial charge is 0.273 e. The molecule has 1 amide bonds. The predicted molar refractivity (Wildman–Crippen MR) is 108 cm³/mol. The van der Waals surface area contributed by atoms with E-state index in [-0.39, 0.29) is 30.9 Å². The number of nitrogen functional groups attached to an aromatic ring is 1. The summed E-state index contributed by atoms with van der Waals surface area (Å²) < 4.78 is 18.2. The summed E-state index contributed by atoms with van der Waals surface area (Å²) in [5.41, 5.74) is 0.794. The second-order valence-electron chi connectivity index (χ2n) is 6.79. The minimum absolute atomic E-state index is 0.0292. The van der Waals surface area contributed by atoms with Gasteiger partial charge in [0, 0.05) is 19.2 Å². The normalized spacial score (nSPS) is 16.4. The van der Waals surface area contributed by atoms with Gasteiger partial charge in [0.1, 0.15) is 6.61 Å². The Morgan fingerprint density at radius 2 is 2.07 bits per heavy atom. The summed E-state index contributed by atoms with van der Waals surface area (Å²) >= 11 is 0. The highest BCUT2D eigenvalue weighted by Gasteiger charge is 2.23. The number of ether oxygens (including phenoxy) is 3. The Hall–Kier alpha value is -2.84. The maximum absolute atomic E-state index is 12.7. The van der Waals surface area contributed by atoms with E-state index in [1.165, 1.54) is 6.07 Å². The summed E-state index contributed by atoms with van der Waals surface area (Å²) in [6.45, 7) is 3.03. The quantitative estimate of drug-likeness (QED) is 0.655. The van der Waals surface area contributed by atoms with Crippen molar-refractivity contribution in [3.8, 4) is 5.75 Å². The molecule has 1 aliphatic heterocycles. The molecule has 1 aliphatic rings. The standard InChI is InChI=1S/C21H27N3O5/c1-2-23-21(26)19-20(29-13-15-8-4-3-5-9-15)17(25)12-16(24(19)22)14-28-18-10-6-7-11-27-18/h3-5,8-9,12,18H,2,6-7,10-11,13-14,22H2,1H3,(H,23,26). The molecule has 1 fully saturated rings. The summed E-state index contributed by atoms with van der Waals surface area (Å²) in [7, 11) is 0. The summed E-state index contributed by atoms with van der Waals surface area (Å²) in [5, 5.41) is 2.68. The van der Waals surface area contributed by atoms with Crippen LogP contribution in [-0.2, 0) is 22.7 Å². The van der Waals surface area contributed by atoms with Crippen molar-refractivity contribution < 1.29 is 19.0 Å². The number of carbonyl (C=O) groups excluding carboxylic acids is 1. The summed E-state index contributed by atoms with van der Waals surface area (Å²) in [6.07, 6.45) is 2.49. The van der Waals surface area contributed by atoms with Gasteiger partial charge in [-0.1, -0.05) is 30.3 Å². The van der Waals surface area contributed by atoms with E-state index in [2.05, 4.69) is 5.32 Å². The van der Waals surface area contributed by atoms with E-state index < -0.39 is 11.3 Å². The number of nitrogens with two attached hydrogens (primary N) is 1. The zero-order valence-corrected chi connectivity index (χ0v) is 16.6.